The van der Waals surface area contributed by atoms with Crippen molar-refractivity contribution in [1.82, 2.24) is 5.32 Å². The van der Waals surface area contributed by atoms with Crippen LogP contribution in [0.25, 0.3) is 0 Å². The van der Waals surface area contributed by atoms with Gasteiger partial charge < -0.3 is 10.4 Å². The van der Waals surface area contributed by atoms with Gasteiger partial charge in [0.05, 0.1) is 11.5 Å². The van der Waals surface area contributed by atoms with Crippen molar-refractivity contribution in [2.75, 3.05) is 6.61 Å². The fraction of sp³-hybridized carbons (Fsp3) is 0.500. The highest BCUT2D eigenvalue weighted by Gasteiger charge is 2.14. The maximum absolute atomic E-state index is 10.7. The van der Waals surface area contributed by atoms with E-state index in [0.717, 1.165) is 12.0 Å². The molecule has 0 saturated carbocycles. The first-order valence-electron chi connectivity index (χ1n) is 5.69. The summed E-state index contributed by atoms with van der Waals surface area (Å²) in [4.78, 5) is 10.3. The molecule has 5 nitrogen and oxygen atoms in total. The molecule has 0 radical (unpaired) electrons. The van der Waals surface area contributed by atoms with E-state index in [0.29, 0.717) is 0 Å². The molecule has 94 valence electrons. The number of benzene rings is 1. The first kappa shape index (κ1) is 13.6. The molecule has 1 aromatic carbocycles. The smallest absolute Gasteiger partial charge is 0.269 e. The molecule has 5 heteroatoms. The Morgan fingerprint density at radius 1 is 1.53 bits per heavy atom. The topological polar surface area (TPSA) is 75.4 Å². The number of nitro groups is 1. The minimum atomic E-state index is -0.397. The van der Waals surface area contributed by atoms with Gasteiger partial charge >= 0.3 is 0 Å². The average molecular weight is 238 g/mol. The molecule has 0 aliphatic heterocycles. The number of aliphatic hydroxyl groups excluding tert-OH is 1. The van der Waals surface area contributed by atoms with Gasteiger partial charge in [0, 0.05) is 24.2 Å². The molecule has 0 spiro atoms. The summed E-state index contributed by atoms with van der Waals surface area (Å²) in [5.41, 5.74) is 0.974. The van der Waals surface area contributed by atoms with Crippen molar-refractivity contribution in [1.29, 1.82) is 0 Å². The third-order valence-electron chi connectivity index (χ3n) is 2.65. The molecule has 0 bridgehead atoms. The zero-order valence-electron chi connectivity index (χ0n) is 10.1. The maximum Gasteiger partial charge on any atom is 0.269 e. The molecule has 0 aromatic heterocycles. The quantitative estimate of drug-likeness (QED) is 0.587. The van der Waals surface area contributed by atoms with Crippen LogP contribution in [0.3, 0.4) is 0 Å². The van der Waals surface area contributed by atoms with Crippen molar-refractivity contribution >= 4 is 5.69 Å². The second-order valence-electron chi connectivity index (χ2n) is 4.06. The number of nitrogens with zero attached hydrogens (tertiary/aromatic N) is 1. The van der Waals surface area contributed by atoms with Gasteiger partial charge in [-0.25, -0.2) is 0 Å². The zero-order valence-corrected chi connectivity index (χ0v) is 10.1. The number of aliphatic hydroxyl groups is 1. The molecule has 0 saturated heterocycles. The van der Waals surface area contributed by atoms with Crippen LogP contribution in [-0.4, -0.2) is 22.7 Å². The predicted octanol–water partition coefficient (Wildman–Crippen LogP) is 2.02. The molecular formula is C12H18N2O3. The van der Waals surface area contributed by atoms with Crippen LogP contribution in [0.2, 0.25) is 0 Å². The number of rotatable bonds is 6. The Bertz CT molecular complexity index is 382. The molecule has 0 fully saturated rings. The summed E-state index contributed by atoms with van der Waals surface area (Å²) in [6.45, 7) is 3.92. The SMILES string of the molecule is CCC(N[C@H](C)CO)c1cccc([N+](=O)[O-])c1. The van der Waals surface area contributed by atoms with Gasteiger partial charge in [-0.1, -0.05) is 19.1 Å². The second kappa shape index (κ2) is 6.32. The van der Waals surface area contributed by atoms with Crippen molar-refractivity contribution in [3.05, 3.63) is 39.9 Å². The molecule has 2 N–H and O–H groups in total. The van der Waals surface area contributed by atoms with E-state index in [1.54, 1.807) is 12.1 Å². The number of nitrogens with one attached hydrogen (secondary N) is 1. The Kier molecular flexibility index (Phi) is 5.06. The largest absolute Gasteiger partial charge is 0.395 e. The fourth-order valence-corrected chi connectivity index (χ4v) is 1.70. The Balaban J connectivity index is 2.88. The molecule has 0 amide bonds. The van der Waals surface area contributed by atoms with Gasteiger partial charge in [-0.15, -0.1) is 0 Å². The standard InChI is InChI=1S/C12H18N2O3/c1-3-12(13-9(2)8-15)10-5-4-6-11(7-10)14(16)17/h4-7,9,12-13,15H,3,8H2,1-2H3/t9-,12?/m1/s1. The molecular weight excluding hydrogens is 220 g/mol. The summed E-state index contributed by atoms with van der Waals surface area (Å²) in [7, 11) is 0. The summed E-state index contributed by atoms with van der Waals surface area (Å²) >= 11 is 0. The van der Waals surface area contributed by atoms with Gasteiger partial charge in [0.15, 0.2) is 0 Å². The summed E-state index contributed by atoms with van der Waals surface area (Å²) in [6.07, 6.45) is 0.811. The van der Waals surface area contributed by atoms with E-state index in [1.165, 1.54) is 6.07 Å². The minimum absolute atomic E-state index is 0.0250. The third kappa shape index (κ3) is 3.80. The van der Waals surface area contributed by atoms with E-state index >= 15 is 0 Å². The van der Waals surface area contributed by atoms with E-state index < -0.39 is 4.92 Å². The van der Waals surface area contributed by atoms with Crippen molar-refractivity contribution in [2.24, 2.45) is 0 Å². The zero-order chi connectivity index (χ0) is 12.8. The van der Waals surface area contributed by atoms with Gasteiger partial charge in [0.2, 0.25) is 0 Å². The van der Waals surface area contributed by atoms with Gasteiger partial charge in [-0.3, -0.25) is 10.1 Å². The fourth-order valence-electron chi connectivity index (χ4n) is 1.70. The average Bonchev–Trinajstić information content (AvgIpc) is 2.35. The van der Waals surface area contributed by atoms with Crippen LogP contribution in [0.1, 0.15) is 31.9 Å². The molecule has 1 rings (SSSR count). The third-order valence-corrected chi connectivity index (χ3v) is 2.65. The highest BCUT2D eigenvalue weighted by Crippen LogP contribution is 2.21. The molecule has 1 aromatic rings. The highest BCUT2D eigenvalue weighted by atomic mass is 16.6. The normalized spacial score (nSPS) is 14.3. The first-order valence-corrected chi connectivity index (χ1v) is 5.69. The van der Waals surface area contributed by atoms with Crippen LogP contribution < -0.4 is 5.32 Å². The molecule has 1 unspecified atom stereocenters. The van der Waals surface area contributed by atoms with Crippen LogP contribution >= 0.6 is 0 Å². The van der Waals surface area contributed by atoms with Gasteiger partial charge in [-0.2, -0.15) is 0 Å². The first-order chi connectivity index (χ1) is 8.08. The number of nitro benzene ring substituents is 1. The van der Waals surface area contributed by atoms with E-state index in [1.807, 2.05) is 19.9 Å². The van der Waals surface area contributed by atoms with Gasteiger partial charge in [-0.05, 0) is 18.9 Å². The van der Waals surface area contributed by atoms with Crippen molar-refractivity contribution in [2.45, 2.75) is 32.4 Å². The van der Waals surface area contributed by atoms with Gasteiger partial charge in [0.25, 0.3) is 5.69 Å². The lowest BCUT2D eigenvalue weighted by Crippen LogP contribution is -2.32. The predicted molar refractivity (Wildman–Crippen MR) is 65.8 cm³/mol. The van der Waals surface area contributed by atoms with E-state index in [4.69, 9.17) is 5.11 Å². The lowest BCUT2D eigenvalue weighted by atomic mass is 10.0. The van der Waals surface area contributed by atoms with E-state index in [2.05, 4.69) is 5.32 Å². The van der Waals surface area contributed by atoms with E-state index in [-0.39, 0.29) is 24.4 Å². The molecule has 17 heavy (non-hydrogen) atoms. The van der Waals surface area contributed by atoms with Crippen molar-refractivity contribution < 1.29 is 10.0 Å². The summed E-state index contributed by atoms with van der Waals surface area (Å²) in [5.74, 6) is 0. The Morgan fingerprint density at radius 3 is 2.76 bits per heavy atom. The van der Waals surface area contributed by atoms with Crippen LogP contribution in [-0.2, 0) is 0 Å². The van der Waals surface area contributed by atoms with E-state index in [9.17, 15) is 10.1 Å². The van der Waals surface area contributed by atoms with Crippen molar-refractivity contribution in [3.63, 3.8) is 0 Å². The Morgan fingerprint density at radius 2 is 2.24 bits per heavy atom. The number of hydrogen-bond acceptors (Lipinski definition) is 4. The molecule has 0 aliphatic carbocycles. The summed E-state index contributed by atoms with van der Waals surface area (Å²) in [5, 5.41) is 22.9. The number of hydrogen-bond donors (Lipinski definition) is 2. The van der Waals surface area contributed by atoms with Crippen LogP contribution in [0, 0.1) is 10.1 Å². The Hall–Kier alpha value is -1.46. The molecule has 0 heterocycles. The lowest BCUT2D eigenvalue weighted by Gasteiger charge is -2.21. The van der Waals surface area contributed by atoms with Crippen LogP contribution in [0.5, 0.6) is 0 Å². The molecule has 0 aliphatic rings. The summed E-state index contributed by atoms with van der Waals surface area (Å²) in [6, 6.07) is 6.59. The van der Waals surface area contributed by atoms with Gasteiger partial charge in [0.1, 0.15) is 0 Å². The summed E-state index contributed by atoms with van der Waals surface area (Å²) < 4.78 is 0. The van der Waals surface area contributed by atoms with Crippen LogP contribution in [0.4, 0.5) is 5.69 Å². The monoisotopic (exact) mass is 238 g/mol. The Labute approximate surface area is 101 Å². The number of non-ortho nitro benzene ring substituents is 1. The van der Waals surface area contributed by atoms with Crippen molar-refractivity contribution in [3.8, 4) is 0 Å². The second-order valence-corrected chi connectivity index (χ2v) is 4.06. The minimum Gasteiger partial charge on any atom is -0.395 e. The molecule has 2 atom stereocenters. The maximum atomic E-state index is 10.7. The van der Waals surface area contributed by atoms with Crippen LogP contribution in [0.15, 0.2) is 24.3 Å². The lowest BCUT2D eigenvalue weighted by molar-refractivity contribution is -0.384. The highest BCUT2D eigenvalue weighted by molar-refractivity contribution is 5.35.